The summed E-state index contributed by atoms with van der Waals surface area (Å²) in [5.74, 6) is -4.67. The molecule has 1 aromatic heterocycles. The van der Waals surface area contributed by atoms with Crippen molar-refractivity contribution in [3.63, 3.8) is 0 Å². The minimum atomic E-state index is -2.49. The monoisotopic (exact) mass is 532 g/mol. The number of allylic oxidation sites excluding steroid dienone is 1. The van der Waals surface area contributed by atoms with E-state index in [4.69, 9.17) is 4.42 Å². The molecule has 0 bridgehead atoms. The predicted octanol–water partition coefficient (Wildman–Crippen LogP) is 4.91. The second kappa shape index (κ2) is 9.23. The number of carbonyl (C=O) groups excluding carboxylic acids is 3. The van der Waals surface area contributed by atoms with E-state index in [1.165, 1.54) is 12.8 Å². The summed E-state index contributed by atoms with van der Waals surface area (Å²) < 4.78 is 5.34. The summed E-state index contributed by atoms with van der Waals surface area (Å²) in [6, 6.07) is 3.74. The standard InChI is InChI=1S/C31H32O8/c1-15(32)24-23(33)13-20-10-19-12-22-21(18-8-9-39-14-18)11-17(7-6-16-4-2-3-5-16)27(34)26(22)28(35)25(19)30(37)31(20,38)29(24)36/h8-9,11,14,16,19-20,34-36,38H,2-7,10,12-13H2,1H3/t19-,20+,31-/m0/s1. The van der Waals surface area contributed by atoms with E-state index in [1.807, 2.05) is 6.07 Å². The van der Waals surface area contributed by atoms with Crippen LogP contribution < -0.4 is 0 Å². The largest absolute Gasteiger partial charge is 0.508 e. The summed E-state index contributed by atoms with van der Waals surface area (Å²) in [7, 11) is 0. The molecule has 0 unspecified atom stereocenters. The Bertz CT molecular complexity index is 1450. The third-order valence-electron chi connectivity index (χ3n) is 9.38. The van der Waals surface area contributed by atoms with Crippen LogP contribution in [0.3, 0.4) is 0 Å². The van der Waals surface area contributed by atoms with E-state index in [-0.39, 0.29) is 36.1 Å². The van der Waals surface area contributed by atoms with E-state index in [2.05, 4.69) is 0 Å². The molecular weight excluding hydrogens is 500 g/mol. The minimum absolute atomic E-state index is 0.0913. The quantitative estimate of drug-likeness (QED) is 0.398. The second-order valence-corrected chi connectivity index (χ2v) is 11.6. The number of hydrogen-bond donors (Lipinski definition) is 4. The Hall–Kier alpha value is -3.65. The van der Waals surface area contributed by atoms with Gasteiger partial charge in [0.15, 0.2) is 17.2 Å². The van der Waals surface area contributed by atoms with Crippen LogP contribution in [0.5, 0.6) is 5.75 Å². The Labute approximate surface area is 225 Å². The van der Waals surface area contributed by atoms with Gasteiger partial charge in [0.05, 0.1) is 18.1 Å². The summed E-state index contributed by atoms with van der Waals surface area (Å²) in [6.07, 6.45) is 9.54. The van der Waals surface area contributed by atoms with E-state index >= 15 is 0 Å². The zero-order valence-electron chi connectivity index (χ0n) is 21.8. The molecule has 6 rings (SSSR count). The van der Waals surface area contributed by atoms with Crippen molar-refractivity contribution in [1.29, 1.82) is 0 Å². The summed E-state index contributed by atoms with van der Waals surface area (Å²) in [5.41, 5.74) is -0.112. The van der Waals surface area contributed by atoms with Gasteiger partial charge in [0, 0.05) is 23.5 Å². The van der Waals surface area contributed by atoms with Gasteiger partial charge in [-0.25, -0.2) is 0 Å². The van der Waals surface area contributed by atoms with E-state index in [1.54, 1.807) is 18.6 Å². The smallest absolute Gasteiger partial charge is 0.202 e. The van der Waals surface area contributed by atoms with Crippen molar-refractivity contribution in [2.75, 3.05) is 0 Å². The minimum Gasteiger partial charge on any atom is -0.508 e. The van der Waals surface area contributed by atoms with Crippen molar-refractivity contribution >= 4 is 23.1 Å². The third kappa shape index (κ3) is 3.79. The molecule has 4 aliphatic carbocycles. The molecule has 0 spiro atoms. The number of aliphatic hydroxyl groups excluding tert-OH is 2. The highest BCUT2D eigenvalue weighted by molar-refractivity contribution is 6.23. The molecule has 2 saturated carbocycles. The molecule has 2 aromatic rings. The van der Waals surface area contributed by atoms with E-state index in [9.17, 15) is 34.8 Å². The number of phenols is 1. The molecule has 2 fully saturated rings. The molecule has 0 amide bonds. The van der Waals surface area contributed by atoms with Gasteiger partial charge in [0.25, 0.3) is 0 Å². The molecule has 1 heterocycles. The summed E-state index contributed by atoms with van der Waals surface area (Å²) in [5, 5.41) is 45.4. The van der Waals surface area contributed by atoms with Gasteiger partial charge >= 0.3 is 0 Å². The second-order valence-electron chi connectivity index (χ2n) is 11.6. The van der Waals surface area contributed by atoms with Crippen LogP contribution in [-0.2, 0) is 27.2 Å². The number of phenolic OH excluding ortho intramolecular Hbond substituents is 1. The van der Waals surface area contributed by atoms with Crippen molar-refractivity contribution < 1.29 is 39.2 Å². The van der Waals surface area contributed by atoms with Crippen molar-refractivity contribution in [1.82, 2.24) is 0 Å². The Morgan fingerprint density at radius 3 is 2.54 bits per heavy atom. The summed E-state index contributed by atoms with van der Waals surface area (Å²) in [6.45, 7) is 1.10. The SMILES string of the molecule is CC(=O)C1=C(O)[C@]2(O)C(=O)C3=C(O)c4c(O)c(CCC5CCCC5)cc(-c5ccoc5)c4C[C@@H]3C[C@@H]2CC1=O. The van der Waals surface area contributed by atoms with Crippen LogP contribution in [0.25, 0.3) is 16.9 Å². The molecule has 0 radical (unpaired) electrons. The molecule has 4 N–H and O–H groups in total. The normalized spacial score (nSPS) is 27.0. The Balaban J connectivity index is 1.50. The van der Waals surface area contributed by atoms with Crippen molar-refractivity contribution in [3.05, 3.63) is 58.3 Å². The van der Waals surface area contributed by atoms with Gasteiger partial charge in [-0.15, -0.1) is 0 Å². The number of benzene rings is 1. The molecule has 39 heavy (non-hydrogen) atoms. The average molecular weight is 533 g/mol. The fourth-order valence-electron chi connectivity index (χ4n) is 7.38. The van der Waals surface area contributed by atoms with E-state index in [0.29, 0.717) is 23.5 Å². The van der Waals surface area contributed by atoms with Crippen LogP contribution in [0.4, 0.5) is 0 Å². The van der Waals surface area contributed by atoms with Crippen LogP contribution in [0.1, 0.15) is 68.6 Å². The number of hydrogen-bond acceptors (Lipinski definition) is 8. The molecular formula is C31H32O8. The fourth-order valence-corrected chi connectivity index (χ4v) is 7.38. The highest BCUT2D eigenvalue weighted by Crippen LogP contribution is 2.53. The Kier molecular flexibility index (Phi) is 6.06. The maximum atomic E-state index is 13.8. The van der Waals surface area contributed by atoms with Gasteiger partial charge in [-0.3, -0.25) is 14.4 Å². The fraction of sp³-hybridized carbons (Fsp3) is 0.452. The summed E-state index contributed by atoms with van der Waals surface area (Å²) in [4.78, 5) is 38.6. The maximum Gasteiger partial charge on any atom is 0.202 e. The number of ketones is 3. The summed E-state index contributed by atoms with van der Waals surface area (Å²) >= 11 is 0. The molecule has 204 valence electrons. The zero-order valence-corrected chi connectivity index (χ0v) is 21.8. The number of Topliss-reactive ketones (excluding diaryl/α,β-unsaturated/α-hetero) is 3. The molecule has 0 saturated heterocycles. The van der Waals surface area contributed by atoms with Crippen molar-refractivity contribution in [3.8, 4) is 16.9 Å². The van der Waals surface area contributed by atoms with Gasteiger partial charge in [0.2, 0.25) is 5.78 Å². The topological polar surface area (TPSA) is 145 Å². The van der Waals surface area contributed by atoms with Crippen LogP contribution in [-0.4, -0.2) is 43.4 Å². The lowest BCUT2D eigenvalue weighted by Crippen LogP contribution is -2.57. The first-order valence-electron chi connectivity index (χ1n) is 13.7. The lowest BCUT2D eigenvalue weighted by atomic mass is 9.59. The molecule has 0 aliphatic heterocycles. The van der Waals surface area contributed by atoms with Gasteiger partial charge in [-0.2, -0.15) is 0 Å². The van der Waals surface area contributed by atoms with Crippen LogP contribution in [0.2, 0.25) is 0 Å². The van der Waals surface area contributed by atoms with E-state index < -0.39 is 51.9 Å². The lowest BCUT2D eigenvalue weighted by Gasteiger charge is -2.46. The van der Waals surface area contributed by atoms with Crippen LogP contribution in [0, 0.1) is 17.8 Å². The van der Waals surface area contributed by atoms with Crippen molar-refractivity contribution in [2.45, 2.75) is 70.3 Å². The number of aromatic hydroxyl groups is 1. The van der Waals surface area contributed by atoms with Crippen molar-refractivity contribution in [2.24, 2.45) is 17.8 Å². The Morgan fingerprint density at radius 1 is 1.13 bits per heavy atom. The van der Waals surface area contributed by atoms with Crippen LogP contribution in [0.15, 0.2) is 46.0 Å². The number of rotatable bonds is 5. The zero-order chi connectivity index (χ0) is 27.6. The van der Waals surface area contributed by atoms with Gasteiger partial charge in [-0.05, 0) is 73.3 Å². The van der Waals surface area contributed by atoms with Gasteiger partial charge in [-0.1, -0.05) is 25.7 Å². The lowest BCUT2D eigenvalue weighted by molar-refractivity contribution is -0.147. The van der Waals surface area contributed by atoms with Crippen LogP contribution >= 0.6 is 0 Å². The third-order valence-corrected chi connectivity index (χ3v) is 9.38. The molecule has 3 atom stereocenters. The molecule has 1 aromatic carbocycles. The molecule has 8 heteroatoms. The predicted molar refractivity (Wildman–Crippen MR) is 141 cm³/mol. The van der Waals surface area contributed by atoms with E-state index in [0.717, 1.165) is 37.3 Å². The highest BCUT2D eigenvalue weighted by Gasteiger charge is 2.60. The first-order valence-corrected chi connectivity index (χ1v) is 13.7. The number of aryl methyl sites for hydroxylation is 1. The average Bonchev–Trinajstić information content (AvgIpc) is 3.60. The first-order chi connectivity index (χ1) is 18.6. The van der Waals surface area contributed by atoms with Gasteiger partial charge < -0.3 is 24.8 Å². The number of aliphatic hydroxyl groups is 3. The number of carbonyl (C=O) groups is 3. The van der Waals surface area contributed by atoms with Gasteiger partial charge in [0.1, 0.15) is 22.8 Å². The highest BCUT2D eigenvalue weighted by atomic mass is 16.3. The molecule has 8 nitrogen and oxygen atoms in total. The number of furan rings is 1. The first kappa shape index (κ1) is 25.6. The number of fused-ring (bicyclic) bond motifs is 3. The Morgan fingerprint density at radius 2 is 1.87 bits per heavy atom. The maximum absolute atomic E-state index is 13.8. The molecule has 4 aliphatic rings.